The van der Waals surface area contributed by atoms with Crippen molar-refractivity contribution in [1.82, 2.24) is 0 Å². The van der Waals surface area contributed by atoms with Crippen LogP contribution in [0.25, 0.3) is 0 Å². The fraction of sp³-hybridized carbons (Fsp3) is 0.600. The van der Waals surface area contributed by atoms with Gasteiger partial charge in [-0.25, -0.2) is 4.39 Å². The van der Waals surface area contributed by atoms with Crippen LogP contribution in [0.5, 0.6) is 0 Å². The van der Waals surface area contributed by atoms with Gasteiger partial charge in [0, 0.05) is 10.5 Å². The fourth-order valence-corrected chi connectivity index (χ4v) is 3.80. The van der Waals surface area contributed by atoms with E-state index in [1.54, 1.807) is 6.07 Å². The van der Waals surface area contributed by atoms with Crippen molar-refractivity contribution in [2.75, 3.05) is 0 Å². The van der Waals surface area contributed by atoms with Gasteiger partial charge in [0.25, 0.3) is 0 Å². The highest BCUT2D eigenvalue weighted by atomic mass is 79.9. The highest BCUT2D eigenvalue weighted by molar-refractivity contribution is 9.10. The van der Waals surface area contributed by atoms with Crippen molar-refractivity contribution < 1.29 is 4.39 Å². The zero-order chi connectivity index (χ0) is 13.7. The van der Waals surface area contributed by atoms with Crippen molar-refractivity contribution in [2.24, 2.45) is 22.5 Å². The first-order valence-corrected chi connectivity index (χ1v) is 7.16. The third kappa shape index (κ3) is 2.12. The second-order valence-corrected chi connectivity index (χ2v) is 7.44. The molecule has 0 aromatic heterocycles. The lowest BCUT2D eigenvalue weighted by molar-refractivity contribution is 0.457. The summed E-state index contributed by atoms with van der Waals surface area (Å²) in [5.74, 6) is 0.285. The molecule has 0 aliphatic heterocycles. The van der Waals surface area contributed by atoms with Gasteiger partial charge >= 0.3 is 0 Å². The Morgan fingerprint density at radius 3 is 2.33 bits per heavy atom. The first-order valence-electron chi connectivity index (χ1n) is 6.37. The largest absolute Gasteiger partial charge is 0.327 e. The van der Waals surface area contributed by atoms with Gasteiger partial charge in [0.2, 0.25) is 0 Å². The minimum atomic E-state index is -0.162. The average Bonchev–Trinajstić information content (AvgIpc) is 2.63. The Balaban J connectivity index is 2.14. The predicted molar refractivity (Wildman–Crippen MR) is 76.8 cm³/mol. The number of hydrogen-bond donors (Lipinski definition) is 1. The monoisotopic (exact) mass is 313 g/mol. The topological polar surface area (TPSA) is 26.0 Å². The molecule has 0 bridgehead atoms. The number of halogens is 2. The highest BCUT2D eigenvalue weighted by Gasteiger charge is 2.66. The second-order valence-electron chi connectivity index (χ2n) is 6.52. The summed E-state index contributed by atoms with van der Waals surface area (Å²) >= 11 is 3.38. The van der Waals surface area contributed by atoms with Crippen LogP contribution in [-0.2, 0) is 6.42 Å². The molecule has 0 spiro atoms. The molecule has 1 aliphatic rings. The van der Waals surface area contributed by atoms with Crippen molar-refractivity contribution in [2.45, 2.75) is 40.2 Å². The van der Waals surface area contributed by atoms with E-state index in [1.807, 2.05) is 6.07 Å². The van der Waals surface area contributed by atoms with E-state index < -0.39 is 0 Å². The number of nitrogens with two attached hydrogens (primary N) is 1. The van der Waals surface area contributed by atoms with E-state index in [9.17, 15) is 4.39 Å². The van der Waals surface area contributed by atoms with Crippen LogP contribution < -0.4 is 5.73 Å². The Bertz CT molecular complexity index is 454. The summed E-state index contributed by atoms with van der Waals surface area (Å²) < 4.78 is 14.6. The van der Waals surface area contributed by atoms with Gasteiger partial charge in [-0.1, -0.05) is 43.6 Å². The van der Waals surface area contributed by atoms with Crippen LogP contribution >= 0.6 is 15.9 Å². The van der Waals surface area contributed by atoms with Gasteiger partial charge in [-0.3, -0.25) is 0 Å². The van der Waals surface area contributed by atoms with Crippen molar-refractivity contribution in [3.05, 3.63) is 34.1 Å². The van der Waals surface area contributed by atoms with Crippen LogP contribution in [0.3, 0.4) is 0 Å². The van der Waals surface area contributed by atoms with Gasteiger partial charge in [0.05, 0.1) is 0 Å². The van der Waals surface area contributed by atoms with Crippen molar-refractivity contribution >= 4 is 15.9 Å². The van der Waals surface area contributed by atoms with Crippen molar-refractivity contribution in [1.29, 1.82) is 0 Å². The third-order valence-electron chi connectivity index (χ3n) is 5.02. The number of rotatable bonds is 3. The standard InChI is InChI=1S/C15H21BrFN/c1-14(2)13(15(14,3)4)12(18)8-9-7-10(16)5-6-11(9)17/h5-7,12-13H,8,18H2,1-4H3. The van der Waals surface area contributed by atoms with Crippen molar-refractivity contribution in [3.8, 4) is 0 Å². The SMILES string of the molecule is CC1(C)C(C(N)Cc2cc(Br)ccc2F)C1(C)C. The lowest BCUT2D eigenvalue weighted by Crippen LogP contribution is -2.28. The van der Waals surface area contributed by atoms with Crippen LogP contribution in [0.15, 0.2) is 22.7 Å². The van der Waals surface area contributed by atoms with Gasteiger partial charge in [0.15, 0.2) is 0 Å². The lowest BCUT2D eigenvalue weighted by atomic mass is 9.97. The molecule has 2 rings (SSSR count). The summed E-state index contributed by atoms with van der Waals surface area (Å²) in [5.41, 5.74) is 7.49. The van der Waals surface area contributed by atoms with Gasteiger partial charge in [-0.05, 0) is 46.9 Å². The van der Waals surface area contributed by atoms with Gasteiger partial charge in [-0.2, -0.15) is 0 Å². The maximum atomic E-state index is 13.7. The van der Waals surface area contributed by atoms with Gasteiger partial charge < -0.3 is 5.73 Å². The molecule has 0 heterocycles. The van der Waals surface area contributed by atoms with Crippen LogP contribution in [0.4, 0.5) is 4.39 Å². The molecule has 3 heteroatoms. The minimum Gasteiger partial charge on any atom is -0.327 e. The summed E-state index contributed by atoms with van der Waals surface area (Å²) in [5, 5.41) is 0. The van der Waals surface area contributed by atoms with Crippen LogP contribution in [-0.4, -0.2) is 6.04 Å². The first-order chi connectivity index (χ1) is 8.18. The van der Waals surface area contributed by atoms with E-state index in [0.29, 0.717) is 17.9 Å². The van der Waals surface area contributed by atoms with Crippen LogP contribution in [0.2, 0.25) is 0 Å². The fourth-order valence-electron chi connectivity index (χ4n) is 3.39. The highest BCUT2D eigenvalue weighted by Crippen LogP contribution is 2.69. The van der Waals surface area contributed by atoms with E-state index in [4.69, 9.17) is 5.73 Å². The lowest BCUT2D eigenvalue weighted by Gasteiger charge is -2.14. The van der Waals surface area contributed by atoms with E-state index in [0.717, 1.165) is 4.47 Å². The Hall–Kier alpha value is -0.410. The summed E-state index contributed by atoms with van der Waals surface area (Å²) in [7, 11) is 0. The van der Waals surface area contributed by atoms with E-state index in [2.05, 4.69) is 43.6 Å². The molecule has 100 valence electrons. The minimum absolute atomic E-state index is 0.0128. The molecule has 2 N–H and O–H groups in total. The molecule has 1 aliphatic carbocycles. The summed E-state index contributed by atoms with van der Waals surface area (Å²) in [6.45, 7) is 8.98. The number of hydrogen-bond acceptors (Lipinski definition) is 1. The van der Waals surface area contributed by atoms with E-state index >= 15 is 0 Å². The maximum Gasteiger partial charge on any atom is 0.126 e. The predicted octanol–water partition coefficient (Wildman–Crippen LogP) is 4.14. The first kappa shape index (κ1) is 14.0. The van der Waals surface area contributed by atoms with Crippen molar-refractivity contribution in [3.63, 3.8) is 0 Å². The maximum absolute atomic E-state index is 13.7. The van der Waals surface area contributed by atoms with E-state index in [-0.39, 0.29) is 22.7 Å². The summed E-state index contributed by atoms with van der Waals surface area (Å²) in [6, 6.07) is 5.06. The molecule has 1 aromatic carbocycles. The number of benzene rings is 1. The zero-order valence-corrected chi connectivity index (χ0v) is 13.0. The second kappa shape index (κ2) is 4.31. The molecular weight excluding hydrogens is 293 g/mol. The molecule has 18 heavy (non-hydrogen) atoms. The molecular formula is C15H21BrFN. The Morgan fingerprint density at radius 2 is 1.83 bits per heavy atom. The summed E-state index contributed by atoms with van der Waals surface area (Å²) in [4.78, 5) is 0. The van der Waals surface area contributed by atoms with Crippen LogP contribution in [0, 0.1) is 22.6 Å². The molecule has 1 atom stereocenters. The molecule has 0 saturated heterocycles. The Morgan fingerprint density at radius 1 is 1.28 bits per heavy atom. The van der Waals surface area contributed by atoms with Gasteiger partial charge in [-0.15, -0.1) is 0 Å². The van der Waals surface area contributed by atoms with Gasteiger partial charge in [0.1, 0.15) is 5.82 Å². The molecule has 1 saturated carbocycles. The molecule has 1 unspecified atom stereocenters. The van der Waals surface area contributed by atoms with E-state index in [1.165, 1.54) is 6.07 Å². The summed E-state index contributed by atoms with van der Waals surface area (Å²) in [6.07, 6.45) is 0.600. The van der Waals surface area contributed by atoms with Crippen LogP contribution in [0.1, 0.15) is 33.3 Å². The Labute approximate surface area is 117 Å². The molecule has 0 radical (unpaired) electrons. The molecule has 0 amide bonds. The smallest absolute Gasteiger partial charge is 0.126 e. The molecule has 1 aromatic rings. The molecule has 1 fully saturated rings. The average molecular weight is 314 g/mol. The Kier molecular flexibility index (Phi) is 3.35. The normalized spacial score (nSPS) is 22.8. The molecule has 1 nitrogen and oxygen atoms in total. The zero-order valence-electron chi connectivity index (χ0n) is 11.4. The third-order valence-corrected chi connectivity index (χ3v) is 5.52. The quantitative estimate of drug-likeness (QED) is 0.891.